The molecule has 0 aliphatic carbocycles. The summed E-state index contributed by atoms with van der Waals surface area (Å²) >= 11 is 0. The summed E-state index contributed by atoms with van der Waals surface area (Å²) in [4.78, 5) is 12.0. The molecule has 0 spiro atoms. The lowest BCUT2D eigenvalue weighted by Crippen LogP contribution is -2.28. The Morgan fingerprint density at radius 3 is 2.63 bits per heavy atom. The summed E-state index contributed by atoms with van der Waals surface area (Å²) in [6, 6.07) is 12.9. The molecule has 2 rings (SSSR count). The number of hydrogen-bond donors (Lipinski definition) is 2. The highest BCUT2D eigenvalue weighted by Crippen LogP contribution is 2.18. The number of carbonyl (C=O) groups excluding carboxylic acids is 1. The van der Waals surface area contributed by atoms with E-state index in [0.717, 1.165) is 5.56 Å². The van der Waals surface area contributed by atoms with Crippen molar-refractivity contribution in [2.75, 3.05) is 6.61 Å². The van der Waals surface area contributed by atoms with Gasteiger partial charge in [-0.1, -0.05) is 30.3 Å². The molecule has 1 atom stereocenters. The summed E-state index contributed by atoms with van der Waals surface area (Å²) in [6.07, 6.45) is 2.80. The van der Waals surface area contributed by atoms with E-state index in [4.69, 9.17) is 9.52 Å². The van der Waals surface area contributed by atoms with Crippen LogP contribution in [0.5, 0.6) is 0 Å². The van der Waals surface area contributed by atoms with Crippen molar-refractivity contribution in [1.82, 2.24) is 5.32 Å². The van der Waals surface area contributed by atoms with E-state index in [1.807, 2.05) is 30.3 Å². The first-order chi connectivity index (χ1) is 9.31. The lowest BCUT2D eigenvalue weighted by molar-refractivity contribution is 0.0904. The van der Waals surface area contributed by atoms with Crippen molar-refractivity contribution in [2.24, 2.45) is 0 Å². The van der Waals surface area contributed by atoms with Crippen molar-refractivity contribution >= 4 is 5.91 Å². The third kappa shape index (κ3) is 3.69. The lowest BCUT2D eigenvalue weighted by Gasteiger charge is -2.18. The topological polar surface area (TPSA) is 62.5 Å². The first-order valence-electron chi connectivity index (χ1n) is 6.31. The lowest BCUT2D eigenvalue weighted by atomic mass is 10.0. The Morgan fingerprint density at radius 2 is 2.00 bits per heavy atom. The molecule has 100 valence electrons. The number of rotatable bonds is 6. The molecule has 0 aliphatic rings. The predicted molar refractivity (Wildman–Crippen MR) is 71.7 cm³/mol. The van der Waals surface area contributed by atoms with Crippen LogP contribution in [-0.4, -0.2) is 17.6 Å². The Hall–Kier alpha value is -2.07. The standard InChI is InChI=1S/C15H17NO3/c17-10-4-8-13(12-6-2-1-3-7-12)16-15(18)14-9-5-11-19-14/h1-3,5-7,9,11,13,17H,4,8,10H2,(H,16,18). The Balaban J connectivity index is 2.08. The second-order valence-corrected chi connectivity index (χ2v) is 4.28. The summed E-state index contributed by atoms with van der Waals surface area (Å²) in [5.74, 6) is 0.0572. The van der Waals surface area contributed by atoms with Crippen LogP contribution >= 0.6 is 0 Å². The molecule has 2 N–H and O–H groups in total. The summed E-state index contributed by atoms with van der Waals surface area (Å²) in [5.41, 5.74) is 1.02. The van der Waals surface area contributed by atoms with Crippen LogP contribution in [0.2, 0.25) is 0 Å². The van der Waals surface area contributed by atoms with Crippen molar-refractivity contribution in [3.63, 3.8) is 0 Å². The quantitative estimate of drug-likeness (QED) is 0.838. The fourth-order valence-corrected chi connectivity index (χ4v) is 1.94. The molecule has 1 aromatic heterocycles. The van der Waals surface area contributed by atoms with Crippen LogP contribution in [0.1, 0.15) is 35.0 Å². The van der Waals surface area contributed by atoms with Crippen molar-refractivity contribution in [1.29, 1.82) is 0 Å². The van der Waals surface area contributed by atoms with Crippen LogP contribution < -0.4 is 5.32 Å². The zero-order valence-corrected chi connectivity index (χ0v) is 10.6. The van der Waals surface area contributed by atoms with Gasteiger partial charge in [-0.2, -0.15) is 0 Å². The molecule has 0 radical (unpaired) electrons. The first kappa shape index (κ1) is 13.4. The number of furan rings is 1. The van der Waals surface area contributed by atoms with E-state index < -0.39 is 0 Å². The van der Waals surface area contributed by atoms with Gasteiger partial charge in [-0.05, 0) is 30.5 Å². The zero-order valence-electron chi connectivity index (χ0n) is 10.6. The van der Waals surface area contributed by atoms with E-state index >= 15 is 0 Å². The second kappa shape index (κ2) is 6.75. The van der Waals surface area contributed by atoms with Crippen LogP contribution in [0.3, 0.4) is 0 Å². The van der Waals surface area contributed by atoms with Gasteiger partial charge in [-0.25, -0.2) is 0 Å². The van der Waals surface area contributed by atoms with Crippen molar-refractivity contribution in [2.45, 2.75) is 18.9 Å². The average Bonchev–Trinajstić information content (AvgIpc) is 2.98. The van der Waals surface area contributed by atoms with E-state index in [-0.39, 0.29) is 18.6 Å². The predicted octanol–water partition coefficient (Wildman–Crippen LogP) is 2.52. The molecule has 0 aliphatic heterocycles. The number of hydrogen-bond acceptors (Lipinski definition) is 3. The SMILES string of the molecule is O=C(NC(CCCO)c1ccccc1)c1ccco1. The van der Waals surface area contributed by atoms with Crippen LogP contribution in [0, 0.1) is 0 Å². The molecule has 1 heterocycles. The third-order valence-electron chi connectivity index (χ3n) is 2.90. The van der Waals surface area contributed by atoms with Crippen molar-refractivity contribution in [3.8, 4) is 0 Å². The number of carbonyl (C=O) groups is 1. The monoisotopic (exact) mass is 259 g/mol. The Morgan fingerprint density at radius 1 is 1.21 bits per heavy atom. The first-order valence-corrected chi connectivity index (χ1v) is 6.31. The number of aliphatic hydroxyl groups excluding tert-OH is 1. The highest BCUT2D eigenvalue weighted by molar-refractivity contribution is 5.91. The minimum absolute atomic E-state index is 0.111. The summed E-state index contributed by atoms with van der Waals surface area (Å²) < 4.78 is 5.08. The molecule has 0 saturated heterocycles. The van der Waals surface area contributed by atoms with E-state index in [0.29, 0.717) is 18.6 Å². The third-order valence-corrected chi connectivity index (χ3v) is 2.90. The highest BCUT2D eigenvalue weighted by atomic mass is 16.3. The average molecular weight is 259 g/mol. The number of amides is 1. The fourth-order valence-electron chi connectivity index (χ4n) is 1.94. The van der Waals surface area contributed by atoms with Crippen LogP contribution in [0.4, 0.5) is 0 Å². The van der Waals surface area contributed by atoms with Gasteiger partial charge in [0.05, 0.1) is 12.3 Å². The summed E-state index contributed by atoms with van der Waals surface area (Å²) in [7, 11) is 0. The Labute approximate surface area is 112 Å². The maximum Gasteiger partial charge on any atom is 0.287 e. The minimum atomic E-state index is -0.239. The number of aliphatic hydroxyl groups is 1. The molecule has 0 fully saturated rings. The zero-order chi connectivity index (χ0) is 13.5. The minimum Gasteiger partial charge on any atom is -0.459 e. The van der Waals surface area contributed by atoms with Crippen LogP contribution in [0.25, 0.3) is 0 Å². The van der Waals surface area contributed by atoms with E-state index in [1.54, 1.807) is 12.1 Å². The molecule has 2 aromatic rings. The molecule has 4 nitrogen and oxygen atoms in total. The number of nitrogens with one attached hydrogen (secondary N) is 1. The summed E-state index contributed by atoms with van der Waals surface area (Å²) in [6.45, 7) is 0.111. The molecule has 1 aromatic carbocycles. The van der Waals surface area contributed by atoms with Gasteiger partial charge in [0, 0.05) is 6.61 Å². The summed E-state index contributed by atoms with van der Waals surface area (Å²) in [5, 5.41) is 11.9. The molecule has 1 unspecified atom stereocenters. The van der Waals surface area contributed by atoms with Crippen LogP contribution in [0.15, 0.2) is 53.1 Å². The molecule has 4 heteroatoms. The van der Waals surface area contributed by atoms with Crippen molar-refractivity contribution < 1.29 is 14.3 Å². The van der Waals surface area contributed by atoms with Gasteiger partial charge in [0.15, 0.2) is 5.76 Å². The van der Waals surface area contributed by atoms with Gasteiger partial charge in [-0.3, -0.25) is 4.79 Å². The largest absolute Gasteiger partial charge is 0.459 e. The smallest absolute Gasteiger partial charge is 0.287 e. The molecule has 0 saturated carbocycles. The highest BCUT2D eigenvalue weighted by Gasteiger charge is 2.16. The molecule has 19 heavy (non-hydrogen) atoms. The van der Waals surface area contributed by atoms with Gasteiger partial charge < -0.3 is 14.8 Å². The molecule has 1 amide bonds. The Bertz CT molecular complexity index is 493. The van der Waals surface area contributed by atoms with E-state index in [9.17, 15) is 4.79 Å². The fraction of sp³-hybridized carbons (Fsp3) is 0.267. The molecular weight excluding hydrogens is 242 g/mol. The normalized spacial score (nSPS) is 12.1. The molecule has 0 bridgehead atoms. The van der Waals surface area contributed by atoms with E-state index in [2.05, 4.69) is 5.32 Å². The van der Waals surface area contributed by atoms with Gasteiger partial charge >= 0.3 is 0 Å². The van der Waals surface area contributed by atoms with E-state index in [1.165, 1.54) is 6.26 Å². The second-order valence-electron chi connectivity index (χ2n) is 4.28. The number of benzene rings is 1. The Kier molecular flexibility index (Phi) is 4.75. The van der Waals surface area contributed by atoms with Gasteiger partial charge in [0.25, 0.3) is 5.91 Å². The maximum absolute atomic E-state index is 12.0. The maximum atomic E-state index is 12.0. The van der Waals surface area contributed by atoms with Gasteiger partial charge in [0.1, 0.15) is 0 Å². The molecular formula is C15H17NO3. The van der Waals surface area contributed by atoms with Crippen molar-refractivity contribution in [3.05, 3.63) is 60.1 Å². The van der Waals surface area contributed by atoms with Crippen LogP contribution in [-0.2, 0) is 0 Å². The van der Waals surface area contributed by atoms with Gasteiger partial charge in [0.2, 0.25) is 0 Å². The van der Waals surface area contributed by atoms with Gasteiger partial charge in [-0.15, -0.1) is 0 Å².